The molecular weight excluding hydrogens is 242 g/mol. The van der Waals surface area contributed by atoms with E-state index >= 15 is 0 Å². The second-order valence-electron chi connectivity index (χ2n) is 5.40. The van der Waals surface area contributed by atoms with E-state index in [1.165, 1.54) is 0 Å². The maximum atomic E-state index is 12.0. The van der Waals surface area contributed by atoms with Crippen molar-refractivity contribution in [3.63, 3.8) is 0 Å². The summed E-state index contributed by atoms with van der Waals surface area (Å²) >= 11 is 0. The number of carbonyl (C=O) groups excluding carboxylic acids is 1. The summed E-state index contributed by atoms with van der Waals surface area (Å²) in [6.07, 6.45) is 1.64. The van der Waals surface area contributed by atoms with Gasteiger partial charge in [0.05, 0.1) is 7.11 Å². The Morgan fingerprint density at radius 3 is 2.47 bits per heavy atom. The highest BCUT2D eigenvalue weighted by molar-refractivity contribution is 5.94. The fourth-order valence-electron chi connectivity index (χ4n) is 1.81. The minimum Gasteiger partial charge on any atom is -0.497 e. The van der Waals surface area contributed by atoms with Crippen LogP contribution in [0.25, 0.3) is 0 Å². The number of aliphatic hydroxyl groups is 1. The fraction of sp³-hybridized carbons (Fsp3) is 0.533. The topological polar surface area (TPSA) is 58.6 Å². The van der Waals surface area contributed by atoms with Crippen molar-refractivity contribution in [2.75, 3.05) is 20.3 Å². The van der Waals surface area contributed by atoms with Crippen LogP contribution < -0.4 is 10.1 Å². The number of amides is 1. The van der Waals surface area contributed by atoms with Gasteiger partial charge >= 0.3 is 0 Å². The van der Waals surface area contributed by atoms with Gasteiger partial charge in [0.15, 0.2) is 0 Å². The molecule has 0 spiro atoms. The van der Waals surface area contributed by atoms with Crippen LogP contribution >= 0.6 is 0 Å². The van der Waals surface area contributed by atoms with Crippen molar-refractivity contribution in [1.82, 2.24) is 5.32 Å². The Labute approximate surface area is 114 Å². The Balaban J connectivity index is 2.50. The Bertz CT molecular complexity index is 398. The highest BCUT2D eigenvalue weighted by Gasteiger charge is 2.18. The van der Waals surface area contributed by atoms with E-state index in [1.54, 1.807) is 31.4 Å². The third-order valence-electron chi connectivity index (χ3n) is 3.09. The van der Waals surface area contributed by atoms with Crippen molar-refractivity contribution in [2.24, 2.45) is 5.41 Å². The Hall–Kier alpha value is -1.55. The van der Waals surface area contributed by atoms with E-state index in [9.17, 15) is 4.79 Å². The summed E-state index contributed by atoms with van der Waals surface area (Å²) in [7, 11) is 1.60. The number of benzene rings is 1. The summed E-state index contributed by atoms with van der Waals surface area (Å²) < 4.78 is 5.05. The maximum absolute atomic E-state index is 12.0. The quantitative estimate of drug-likeness (QED) is 0.794. The molecule has 1 aromatic carbocycles. The standard InChI is InChI=1S/C15H23NO3/c1-15(2,9-4-10-17)11-16-14(18)12-5-7-13(19-3)8-6-12/h5-8,17H,4,9-11H2,1-3H3,(H,16,18). The monoisotopic (exact) mass is 265 g/mol. The van der Waals surface area contributed by atoms with Gasteiger partial charge in [0.25, 0.3) is 5.91 Å². The number of carbonyl (C=O) groups is 1. The summed E-state index contributed by atoms with van der Waals surface area (Å²) in [5.41, 5.74) is 0.615. The number of rotatable bonds is 7. The van der Waals surface area contributed by atoms with Gasteiger partial charge in [-0.25, -0.2) is 0 Å². The van der Waals surface area contributed by atoms with Crippen LogP contribution in [0, 0.1) is 5.41 Å². The lowest BCUT2D eigenvalue weighted by atomic mass is 9.88. The minimum atomic E-state index is -0.0836. The molecule has 0 saturated carbocycles. The third kappa shape index (κ3) is 5.30. The largest absolute Gasteiger partial charge is 0.497 e. The molecule has 4 heteroatoms. The predicted octanol–water partition coefficient (Wildman–Crippen LogP) is 2.22. The van der Waals surface area contributed by atoms with Crippen LogP contribution in [-0.2, 0) is 0 Å². The smallest absolute Gasteiger partial charge is 0.251 e. The second-order valence-corrected chi connectivity index (χ2v) is 5.40. The maximum Gasteiger partial charge on any atom is 0.251 e. The predicted molar refractivity (Wildman–Crippen MR) is 75.4 cm³/mol. The molecule has 1 aromatic rings. The summed E-state index contributed by atoms with van der Waals surface area (Å²) in [6.45, 7) is 4.95. The van der Waals surface area contributed by atoms with Crippen molar-refractivity contribution in [1.29, 1.82) is 0 Å². The Kier molecular flexibility index (Phi) is 5.83. The second kappa shape index (κ2) is 7.14. The lowest BCUT2D eigenvalue weighted by Crippen LogP contribution is -2.34. The zero-order valence-electron chi connectivity index (χ0n) is 11.9. The van der Waals surface area contributed by atoms with E-state index in [0.717, 1.165) is 18.6 Å². The van der Waals surface area contributed by atoms with Gasteiger partial charge in [0.1, 0.15) is 5.75 Å². The molecule has 0 saturated heterocycles. The van der Waals surface area contributed by atoms with E-state index in [-0.39, 0.29) is 17.9 Å². The molecule has 0 heterocycles. The molecule has 19 heavy (non-hydrogen) atoms. The van der Waals surface area contributed by atoms with E-state index < -0.39 is 0 Å². The van der Waals surface area contributed by atoms with Gasteiger partial charge in [-0.3, -0.25) is 4.79 Å². The zero-order chi connectivity index (χ0) is 14.3. The van der Waals surface area contributed by atoms with Crippen LogP contribution in [0.2, 0.25) is 0 Å². The van der Waals surface area contributed by atoms with Crippen molar-refractivity contribution in [3.05, 3.63) is 29.8 Å². The van der Waals surface area contributed by atoms with Crippen LogP contribution in [0.4, 0.5) is 0 Å². The molecule has 0 unspecified atom stereocenters. The first kappa shape index (κ1) is 15.5. The van der Waals surface area contributed by atoms with Crippen molar-refractivity contribution < 1.29 is 14.6 Å². The molecular formula is C15H23NO3. The molecule has 0 bridgehead atoms. The van der Waals surface area contributed by atoms with E-state index in [4.69, 9.17) is 9.84 Å². The molecule has 1 amide bonds. The van der Waals surface area contributed by atoms with Crippen LogP contribution in [0.15, 0.2) is 24.3 Å². The van der Waals surface area contributed by atoms with Crippen molar-refractivity contribution >= 4 is 5.91 Å². The average Bonchev–Trinajstić information content (AvgIpc) is 2.43. The molecule has 4 nitrogen and oxygen atoms in total. The number of ether oxygens (including phenoxy) is 1. The van der Waals surface area contributed by atoms with Gasteiger partial charge in [0, 0.05) is 18.7 Å². The number of aliphatic hydroxyl groups excluding tert-OH is 1. The van der Waals surface area contributed by atoms with E-state index in [1.807, 2.05) is 0 Å². The first-order chi connectivity index (χ1) is 8.98. The number of nitrogens with one attached hydrogen (secondary N) is 1. The molecule has 0 aromatic heterocycles. The first-order valence-corrected chi connectivity index (χ1v) is 6.51. The molecule has 0 aliphatic heterocycles. The zero-order valence-corrected chi connectivity index (χ0v) is 11.9. The lowest BCUT2D eigenvalue weighted by molar-refractivity contribution is 0.0933. The number of hydrogen-bond acceptors (Lipinski definition) is 3. The van der Waals surface area contributed by atoms with Crippen molar-refractivity contribution in [3.8, 4) is 5.75 Å². The summed E-state index contributed by atoms with van der Waals surface area (Å²) in [4.78, 5) is 12.0. The van der Waals surface area contributed by atoms with Gasteiger partial charge in [-0.05, 0) is 42.5 Å². The lowest BCUT2D eigenvalue weighted by Gasteiger charge is -2.24. The van der Waals surface area contributed by atoms with Crippen molar-refractivity contribution in [2.45, 2.75) is 26.7 Å². The number of methoxy groups -OCH3 is 1. The minimum absolute atomic E-state index is 0.00907. The van der Waals surface area contributed by atoms with Gasteiger partial charge in [0.2, 0.25) is 0 Å². The normalized spacial score (nSPS) is 11.2. The van der Waals surface area contributed by atoms with Crippen LogP contribution in [0.1, 0.15) is 37.0 Å². The average molecular weight is 265 g/mol. The first-order valence-electron chi connectivity index (χ1n) is 6.51. The highest BCUT2D eigenvalue weighted by Crippen LogP contribution is 2.21. The fourth-order valence-corrected chi connectivity index (χ4v) is 1.81. The molecule has 0 radical (unpaired) electrons. The van der Waals surface area contributed by atoms with Gasteiger partial charge < -0.3 is 15.2 Å². The Morgan fingerprint density at radius 2 is 1.95 bits per heavy atom. The molecule has 0 atom stereocenters. The van der Waals surface area contributed by atoms with E-state index in [2.05, 4.69) is 19.2 Å². The van der Waals surface area contributed by atoms with Gasteiger partial charge in [-0.15, -0.1) is 0 Å². The van der Waals surface area contributed by atoms with Crippen LogP contribution in [0.5, 0.6) is 5.75 Å². The van der Waals surface area contributed by atoms with Gasteiger partial charge in [-0.2, -0.15) is 0 Å². The Morgan fingerprint density at radius 1 is 1.32 bits per heavy atom. The molecule has 106 valence electrons. The van der Waals surface area contributed by atoms with Gasteiger partial charge in [-0.1, -0.05) is 13.8 Å². The molecule has 0 fully saturated rings. The molecule has 0 aliphatic rings. The summed E-state index contributed by atoms with van der Waals surface area (Å²) in [5, 5.41) is 11.8. The number of hydrogen-bond donors (Lipinski definition) is 2. The molecule has 2 N–H and O–H groups in total. The highest BCUT2D eigenvalue weighted by atomic mass is 16.5. The summed E-state index contributed by atoms with van der Waals surface area (Å²) in [5.74, 6) is 0.652. The van der Waals surface area contributed by atoms with Crippen LogP contribution in [0.3, 0.4) is 0 Å². The molecule has 1 rings (SSSR count). The molecule has 0 aliphatic carbocycles. The van der Waals surface area contributed by atoms with Crippen LogP contribution in [-0.4, -0.2) is 31.3 Å². The van der Waals surface area contributed by atoms with E-state index in [0.29, 0.717) is 12.1 Å². The third-order valence-corrected chi connectivity index (χ3v) is 3.09. The SMILES string of the molecule is COc1ccc(C(=O)NCC(C)(C)CCCO)cc1. The summed E-state index contributed by atoms with van der Waals surface area (Å²) in [6, 6.07) is 7.03.